The van der Waals surface area contributed by atoms with Crippen LogP contribution in [0.1, 0.15) is 39.0 Å². The van der Waals surface area contributed by atoms with E-state index in [1.54, 1.807) is 17.0 Å². The van der Waals surface area contributed by atoms with Crippen LogP contribution in [-0.4, -0.2) is 27.5 Å². The van der Waals surface area contributed by atoms with Gasteiger partial charge in [-0.15, -0.1) is 0 Å². The molecule has 1 aliphatic carbocycles. The Balaban J connectivity index is 2.25. The van der Waals surface area contributed by atoms with Crippen molar-refractivity contribution < 1.29 is 0 Å². The van der Waals surface area contributed by atoms with Crippen molar-refractivity contribution in [2.75, 3.05) is 11.9 Å². The number of hydrogen-bond donors (Lipinski definition) is 0. The van der Waals surface area contributed by atoms with Crippen LogP contribution in [0.3, 0.4) is 0 Å². The van der Waals surface area contributed by atoms with E-state index in [-0.39, 0.29) is 5.56 Å². The summed E-state index contributed by atoms with van der Waals surface area (Å²) < 4.78 is 1.75. The average Bonchev–Trinajstić information content (AvgIpc) is 2.41. The van der Waals surface area contributed by atoms with Gasteiger partial charge in [0.15, 0.2) is 5.82 Å². The molecule has 2 atom stereocenters. The van der Waals surface area contributed by atoms with Gasteiger partial charge in [-0.1, -0.05) is 35.7 Å². The summed E-state index contributed by atoms with van der Waals surface area (Å²) in [4.78, 5) is 19.2. The standard InChI is InChI=1S/C14H22BrN3O/c1-3-9-18-10-8-16-13(14(18)19)17(2)12-7-5-4-6-11(12)15/h8,10-12H,3-7,9H2,1-2H3. The van der Waals surface area contributed by atoms with Gasteiger partial charge in [-0.2, -0.15) is 0 Å². The van der Waals surface area contributed by atoms with Gasteiger partial charge in [0.1, 0.15) is 0 Å². The normalized spacial score (nSPS) is 23.3. The van der Waals surface area contributed by atoms with Gasteiger partial charge in [-0.05, 0) is 19.3 Å². The smallest absolute Gasteiger partial charge is 0.293 e. The predicted molar refractivity (Wildman–Crippen MR) is 82.2 cm³/mol. The number of aromatic nitrogens is 2. The van der Waals surface area contributed by atoms with Crippen molar-refractivity contribution in [1.29, 1.82) is 0 Å². The Bertz CT molecular complexity index is 474. The van der Waals surface area contributed by atoms with Crippen LogP contribution >= 0.6 is 15.9 Å². The summed E-state index contributed by atoms with van der Waals surface area (Å²) in [6, 6.07) is 0.367. The highest BCUT2D eigenvalue weighted by molar-refractivity contribution is 9.09. The van der Waals surface area contributed by atoms with Crippen LogP contribution in [0.25, 0.3) is 0 Å². The Morgan fingerprint density at radius 3 is 2.89 bits per heavy atom. The summed E-state index contributed by atoms with van der Waals surface area (Å²) >= 11 is 3.75. The van der Waals surface area contributed by atoms with E-state index in [1.807, 2.05) is 7.05 Å². The second-order valence-electron chi connectivity index (χ2n) is 5.23. The molecule has 19 heavy (non-hydrogen) atoms. The summed E-state index contributed by atoms with van der Waals surface area (Å²) in [5, 5.41) is 0. The van der Waals surface area contributed by atoms with Crippen LogP contribution in [-0.2, 0) is 6.54 Å². The van der Waals surface area contributed by atoms with Gasteiger partial charge in [0.05, 0.1) is 0 Å². The fraction of sp³-hybridized carbons (Fsp3) is 0.714. The van der Waals surface area contributed by atoms with E-state index in [9.17, 15) is 4.79 Å². The topological polar surface area (TPSA) is 38.1 Å². The zero-order valence-electron chi connectivity index (χ0n) is 11.7. The molecule has 2 rings (SSSR count). The minimum absolute atomic E-state index is 0.0251. The largest absolute Gasteiger partial charge is 0.351 e. The molecule has 1 aromatic heterocycles. The van der Waals surface area contributed by atoms with Crippen molar-refractivity contribution in [3.63, 3.8) is 0 Å². The van der Waals surface area contributed by atoms with Crippen molar-refractivity contribution in [1.82, 2.24) is 9.55 Å². The van der Waals surface area contributed by atoms with E-state index in [0.29, 0.717) is 16.7 Å². The van der Waals surface area contributed by atoms with Crippen LogP contribution in [0.4, 0.5) is 5.82 Å². The number of halogens is 1. The molecule has 4 nitrogen and oxygen atoms in total. The first kappa shape index (κ1) is 14.6. The molecule has 5 heteroatoms. The fourth-order valence-electron chi connectivity index (χ4n) is 2.75. The fourth-order valence-corrected chi connectivity index (χ4v) is 3.70. The molecule has 1 aliphatic rings. The molecule has 0 radical (unpaired) electrons. The third-order valence-electron chi connectivity index (χ3n) is 3.84. The monoisotopic (exact) mass is 327 g/mol. The zero-order valence-corrected chi connectivity index (χ0v) is 13.3. The molecule has 0 saturated heterocycles. The summed E-state index contributed by atoms with van der Waals surface area (Å²) in [6.07, 6.45) is 9.25. The van der Waals surface area contributed by atoms with Crippen molar-refractivity contribution in [2.45, 2.75) is 56.4 Å². The molecule has 1 saturated carbocycles. The summed E-state index contributed by atoms with van der Waals surface area (Å²) in [5.74, 6) is 0.576. The maximum atomic E-state index is 12.4. The number of rotatable bonds is 4. The maximum absolute atomic E-state index is 12.4. The van der Waals surface area contributed by atoms with E-state index in [0.717, 1.165) is 19.4 Å². The number of nitrogens with zero attached hydrogens (tertiary/aromatic N) is 3. The number of aryl methyl sites for hydroxylation is 1. The molecule has 1 heterocycles. The first-order valence-corrected chi connectivity index (χ1v) is 7.99. The van der Waals surface area contributed by atoms with Crippen LogP contribution in [0, 0.1) is 0 Å². The van der Waals surface area contributed by atoms with Gasteiger partial charge >= 0.3 is 0 Å². The third-order valence-corrected chi connectivity index (χ3v) is 4.91. The summed E-state index contributed by atoms with van der Waals surface area (Å²) in [6.45, 7) is 2.83. The lowest BCUT2D eigenvalue weighted by Gasteiger charge is -2.35. The lowest BCUT2D eigenvalue weighted by molar-refractivity contribution is 0.440. The van der Waals surface area contributed by atoms with Gasteiger partial charge in [-0.25, -0.2) is 4.98 Å². The van der Waals surface area contributed by atoms with Gasteiger partial charge in [0.2, 0.25) is 0 Å². The quantitative estimate of drug-likeness (QED) is 0.798. The SMILES string of the molecule is CCCn1ccnc(N(C)C2CCCCC2Br)c1=O. The molecule has 0 aromatic carbocycles. The van der Waals surface area contributed by atoms with Crippen molar-refractivity contribution in [2.24, 2.45) is 0 Å². The second-order valence-corrected chi connectivity index (χ2v) is 6.40. The lowest BCUT2D eigenvalue weighted by atomic mass is 9.94. The molecule has 2 unspecified atom stereocenters. The van der Waals surface area contributed by atoms with Crippen LogP contribution in [0.2, 0.25) is 0 Å². The summed E-state index contributed by atoms with van der Waals surface area (Å²) in [5.41, 5.74) is 0.0251. The Morgan fingerprint density at radius 1 is 1.47 bits per heavy atom. The molecular formula is C14H22BrN3O. The Labute approximate surface area is 123 Å². The predicted octanol–water partition coefficient (Wildman–Crippen LogP) is 2.80. The number of hydrogen-bond acceptors (Lipinski definition) is 3. The molecular weight excluding hydrogens is 306 g/mol. The van der Waals surface area contributed by atoms with Crippen molar-refractivity contribution >= 4 is 21.7 Å². The van der Waals surface area contributed by atoms with Gasteiger partial charge in [0.25, 0.3) is 5.56 Å². The van der Waals surface area contributed by atoms with Crippen molar-refractivity contribution in [3.8, 4) is 0 Å². The molecule has 0 aliphatic heterocycles. The third kappa shape index (κ3) is 3.19. The number of anilines is 1. The van der Waals surface area contributed by atoms with E-state index < -0.39 is 0 Å². The Hall–Kier alpha value is -0.840. The summed E-state index contributed by atoms with van der Waals surface area (Å²) in [7, 11) is 1.99. The van der Waals surface area contributed by atoms with Gasteiger partial charge < -0.3 is 9.47 Å². The van der Waals surface area contributed by atoms with E-state index >= 15 is 0 Å². The Kier molecular flexibility index (Phi) is 5.02. The van der Waals surface area contributed by atoms with E-state index in [2.05, 4.69) is 32.7 Å². The minimum Gasteiger partial charge on any atom is -0.351 e. The molecule has 0 amide bonds. The van der Waals surface area contributed by atoms with Crippen LogP contribution in [0.5, 0.6) is 0 Å². The molecule has 0 N–H and O–H groups in total. The molecule has 1 aromatic rings. The first-order valence-electron chi connectivity index (χ1n) is 7.07. The van der Waals surface area contributed by atoms with Crippen LogP contribution < -0.4 is 10.5 Å². The van der Waals surface area contributed by atoms with Crippen molar-refractivity contribution in [3.05, 3.63) is 22.7 Å². The maximum Gasteiger partial charge on any atom is 0.293 e. The molecule has 106 valence electrons. The van der Waals surface area contributed by atoms with Gasteiger partial charge in [-0.3, -0.25) is 4.79 Å². The number of alkyl halides is 1. The van der Waals surface area contributed by atoms with Gasteiger partial charge in [0, 0.05) is 36.9 Å². The Morgan fingerprint density at radius 2 is 2.21 bits per heavy atom. The average molecular weight is 328 g/mol. The van der Waals surface area contributed by atoms with E-state index in [1.165, 1.54) is 19.3 Å². The highest BCUT2D eigenvalue weighted by Gasteiger charge is 2.28. The first-order chi connectivity index (χ1) is 9.15. The second kappa shape index (κ2) is 6.55. The molecule has 0 bridgehead atoms. The zero-order chi connectivity index (χ0) is 13.8. The minimum atomic E-state index is 0.0251. The molecule has 1 fully saturated rings. The lowest BCUT2D eigenvalue weighted by Crippen LogP contribution is -2.44. The van der Waals surface area contributed by atoms with E-state index in [4.69, 9.17) is 0 Å². The highest BCUT2D eigenvalue weighted by Crippen LogP contribution is 2.29. The molecule has 0 spiro atoms. The van der Waals surface area contributed by atoms with Crippen LogP contribution in [0.15, 0.2) is 17.2 Å². The highest BCUT2D eigenvalue weighted by atomic mass is 79.9.